The van der Waals surface area contributed by atoms with Crippen LogP contribution in [0.15, 0.2) is 0 Å². The molecular weight excluding hydrogens is 364 g/mol. The fourth-order valence-corrected chi connectivity index (χ4v) is 17.8. The van der Waals surface area contributed by atoms with Gasteiger partial charge < -0.3 is 0 Å². The highest BCUT2D eigenvalue weighted by Gasteiger charge is 2.58. The van der Waals surface area contributed by atoms with E-state index < -0.39 is 8.07 Å². The Bertz CT molecular complexity index is 561. The van der Waals surface area contributed by atoms with E-state index in [9.17, 15) is 0 Å². The highest BCUT2D eigenvalue weighted by Crippen LogP contribution is 2.65. The smallest absolute Gasteiger partial charge is 0.0546 e. The van der Waals surface area contributed by atoms with E-state index in [0.29, 0.717) is 0 Å². The lowest BCUT2D eigenvalue weighted by atomic mass is 9.65. The third kappa shape index (κ3) is 3.62. The molecule has 0 nitrogen and oxygen atoms in total. The lowest BCUT2D eigenvalue weighted by Gasteiger charge is -2.49. The predicted octanol–water partition coefficient (Wildman–Crippen LogP) is 8.93. The van der Waals surface area contributed by atoms with E-state index in [1.807, 2.05) is 0 Å². The van der Waals surface area contributed by atoms with E-state index in [1.165, 1.54) is 12.8 Å². The molecule has 5 fully saturated rings. The third-order valence-corrected chi connectivity index (χ3v) is 17.0. The zero-order valence-electron chi connectivity index (χ0n) is 20.2. The van der Waals surface area contributed by atoms with Gasteiger partial charge in [-0.15, -0.1) is 0 Å². The fourth-order valence-electron chi connectivity index (χ4n) is 11.1. The van der Waals surface area contributed by atoms with Gasteiger partial charge in [-0.3, -0.25) is 0 Å². The first kappa shape index (κ1) is 21.1. The Labute approximate surface area is 183 Å². The first-order valence-corrected chi connectivity index (χ1v) is 17.1. The van der Waals surface area contributed by atoms with Crippen LogP contribution in [0.3, 0.4) is 0 Å². The first-order chi connectivity index (χ1) is 14.0. The van der Waals surface area contributed by atoms with Gasteiger partial charge in [0, 0.05) is 0 Å². The second-order valence-electron chi connectivity index (χ2n) is 13.3. The highest BCUT2D eigenvalue weighted by atomic mass is 28.3. The van der Waals surface area contributed by atoms with Crippen LogP contribution in [0, 0.1) is 47.3 Å². The molecule has 5 rings (SSSR count). The van der Waals surface area contributed by atoms with Crippen molar-refractivity contribution >= 4 is 8.07 Å². The van der Waals surface area contributed by atoms with Crippen molar-refractivity contribution in [2.45, 2.75) is 128 Å². The lowest BCUT2D eigenvalue weighted by Crippen LogP contribution is -2.47. The minimum absolute atomic E-state index is 1.03. The summed E-state index contributed by atoms with van der Waals surface area (Å²) in [4.78, 5) is 0. The average molecular weight is 415 g/mol. The monoisotopic (exact) mass is 414 g/mol. The van der Waals surface area contributed by atoms with Crippen molar-refractivity contribution < 1.29 is 0 Å². The Morgan fingerprint density at radius 1 is 0.483 bits per heavy atom. The van der Waals surface area contributed by atoms with Gasteiger partial charge in [0.15, 0.2) is 0 Å². The van der Waals surface area contributed by atoms with Crippen LogP contribution < -0.4 is 0 Å². The van der Waals surface area contributed by atoms with Crippen LogP contribution in [0.5, 0.6) is 0 Å². The molecular formula is C28H50Si. The second-order valence-corrected chi connectivity index (χ2v) is 18.3. The van der Waals surface area contributed by atoms with E-state index in [2.05, 4.69) is 26.9 Å². The molecule has 0 aromatic heterocycles. The van der Waals surface area contributed by atoms with Crippen molar-refractivity contribution in [1.82, 2.24) is 0 Å². The third-order valence-electron chi connectivity index (χ3n) is 11.6. The Hall–Kier alpha value is 0.217. The summed E-state index contributed by atoms with van der Waals surface area (Å²) < 4.78 is 0. The van der Waals surface area contributed by atoms with Gasteiger partial charge in [0.25, 0.3) is 0 Å². The highest BCUT2D eigenvalue weighted by molar-refractivity contribution is 6.80. The molecule has 0 aliphatic heterocycles. The van der Waals surface area contributed by atoms with Crippen LogP contribution in [0.4, 0.5) is 0 Å². The molecule has 5 saturated carbocycles. The van der Waals surface area contributed by atoms with Gasteiger partial charge in [-0.1, -0.05) is 97.6 Å². The summed E-state index contributed by atoms with van der Waals surface area (Å²) in [7, 11) is -1.26. The molecule has 29 heavy (non-hydrogen) atoms. The number of rotatable bonds is 3. The van der Waals surface area contributed by atoms with Gasteiger partial charge in [0.2, 0.25) is 0 Å². The van der Waals surface area contributed by atoms with Crippen molar-refractivity contribution in [1.29, 1.82) is 0 Å². The molecule has 0 aromatic rings. The lowest BCUT2D eigenvalue weighted by molar-refractivity contribution is 0.0978. The van der Waals surface area contributed by atoms with Gasteiger partial charge in [0.05, 0.1) is 8.07 Å². The van der Waals surface area contributed by atoms with Crippen molar-refractivity contribution in [3.05, 3.63) is 0 Å². The van der Waals surface area contributed by atoms with Gasteiger partial charge in [0.1, 0.15) is 0 Å². The van der Waals surface area contributed by atoms with Crippen molar-refractivity contribution in [3.63, 3.8) is 0 Å². The predicted molar refractivity (Wildman–Crippen MR) is 129 cm³/mol. The molecule has 1 heteroatoms. The largest absolute Gasteiger partial charge is 0.0689 e. The molecule has 0 bridgehead atoms. The quantitative estimate of drug-likeness (QED) is 0.404. The molecule has 0 heterocycles. The van der Waals surface area contributed by atoms with Crippen LogP contribution in [-0.4, -0.2) is 8.07 Å². The topological polar surface area (TPSA) is 0 Å². The van der Waals surface area contributed by atoms with Crippen molar-refractivity contribution in [2.75, 3.05) is 0 Å². The van der Waals surface area contributed by atoms with E-state index >= 15 is 0 Å². The van der Waals surface area contributed by atoms with Crippen LogP contribution in [0.2, 0.25) is 24.2 Å². The Kier molecular flexibility index (Phi) is 6.03. The van der Waals surface area contributed by atoms with Gasteiger partial charge in [-0.05, 0) is 77.7 Å². The summed E-state index contributed by atoms with van der Waals surface area (Å²) in [6.07, 6.45) is 22.0. The second kappa shape index (κ2) is 8.29. The maximum atomic E-state index is 2.90. The molecule has 5 aliphatic rings. The molecule has 0 N–H and O–H groups in total. The minimum Gasteiger partial charge on any atom is -0.0689 e. The van der Waals surface area contributed by atoms with Crippen molar-refractivity contribution in [2.24, 2.45) is 47.3 Å². The van der Waals surface area contributed by atoms with E-state index in [0.717, 1.165) is 58.4 Å². The van der Waals surface area contributed by atoms with Crippen LogP contribution in [-0.2, 0) is 0 Å². The standard InChI is InChI=1S/C28H50Si/c1-19-17-22-13-8-9-14-24(22)27(19)29(3,4)28-20(2)18-26-23(15-10-16-25(26)28)21-11-6-5-7-12-21/h19-28H,5-18H2,1-4H3/t19?,20?,22?,23-,24?,25?,26?,27?,28?/m1/s1. The summed E-state index contributed by atoms with van der Waals surface area (Å²) in [5.41, 5.74) is 2.29. The zero-order valence-corrected chi connectivity index (χ0v) is 21.2. The van der Waals surface area contributed by atoms with Crippen LogP contribution >= 0.6 is 0 Å². The number of fused-ring (bicyclic) bond motifs is 2. The molecule has 8 unspecified atom stereocenters. The molecule has 0 aromatic carbocycles. The normalized spacial score (nSPS) is 49.0. The zero-order chi connectivity index (χ0) is 20.2. The summed E-state index contributed by atoms with van der Waals surface area (Å²) in [6, 6.07) is 0. The molecule has 0 radical (unpaired) electrons. The van der Waals surface area contributed by atoms with Crippen LogP contribution in [0.25, 0.3) is 0 Å². The average Bonchev–Trinajstić information content (AvgIpc) is 3.24. The maximum Gasteiger partial charge on any atom is 0.0546 e. The minimum atomic E-state index is -1.26. The molecule has 5 aliphatic carbocycles. The summed E-state index contributed by atoms with van der Waals surface area (Å²) in [5.74, 6) is 8.79. The first-order valence-electron chi connectivity index (χ1n) is 14.0. The SMILES string of the molecule is CC1CC2CCCCC2C1[Si](C)(C)C1C(C)CC2C1CCC[C@@H]2C1CCCCC1. The van der Waals surface area contributed by atoms with E-state index in [4.69, 9.17) is 0 Å². The number of hydrogen-bond donors (Lipinski definition) is 0. The maximum absolute atomic E-state index is 2.90. The fraction of sp³-hybridized carbons (Fsp3) is 1.00. The molecule has 9 atom stereocenters. The van der Waals surface area contributed by atoms with Crippen molar-refractivity contribution in [3.8, 4) is 0 Å². The molecule has 0 saturated heterocycles. The van der Waals surface area contributed by atoms with Gasteiger partial charge in [-0.25, -0.2) is 0 Å². The van der Waals surface area contributed by atoms with Crippen LogP contribution in [0.1, 0.15) is 104 Å². The van der Waals surface area contributed by atoms with E-state index in [-0.39, 0.29) is 0 Å². The summed E-state index contributed by atoms with van der Waals surface area (Å²) >= 11 is 0. The Balaban J connectivity index is 1.38. The molecule has 166 valence electrons. The van der Waals surface area contributed by atoms with E-state index in [1.54, 1.807) is 77.0 Å². The van der Waals surface area contributed by atoms with Gasteiger partial charge >= 0.3 is 0 Å². The Morgan fingerprint density at radius 3 is 1.83 bits per heavy atom. The molecule has 0 amide bonds. The molecule has 0 spiro atoms. The number of hydrogen-bond acceptors (Lipinski definition) is 0. The Morgan fingerprint density at radius 2 is 1.03 bits per heavy atom. The van der Waals surface area contributed by atoms with Gasteiger partial charge in [-0.2, -0.15) is 0 Å². The summed E-state index contributed by atoms with van der Waals surface area (Å²) in [5, 5.41) is 0. The summed E-state index contributed by atoms with van der Waals surface area (Å²) in [6.45, 7) is 11.2.